The maximum atomic E-state index is 4.43. The molecule has 0 fully saturated rings. The number of aromatic nitrogens is 2. The van der Waals surface area contributed by atoms with Crippen molar-refractivity contribution < 1.29 is 0 Å². The largest absolute Gasteiger partial charge is 0.356 e. The number of hydrogen-bond acceptors (Lipinski definition) is 4. The van der Waals surface area contributed by atoms with Crippen LogP contribution < -0.4 is 5.32 Å². The van der Waals surface area contributed by atoms with Crippen molar-refractivity contribution >= 4 is 32.4 Å². The Morgan fingerprint density at radius 1 is 1.44 bits per heavy atom. The second-order valence-electron chi connectivity index (χ2n) is 3.32. The van der Waals surface area contributed by atoms with E-state index in [1.807, 2.05) is 12.1 Å². The van der Waals surface area contributed by atoms with Crippen molar-refractivity contribution in [2.45, 2.75) is 19.9 Å². The van der Waals surface area contributed by atoms with Crippen LogP contribution in [-0.2, 0) is 13.0 Å². The number of halogens is 1. The van der Waals surface area contributed by atoms with Crippen molar-refractivity contribution in [1.82, 2.24) is 9.97 Å². The summed E-state index contributed by atoms with van der Waals surface area (Å²) in [5.74, 6) is 0. The van der Waals surface area contributed by atoms with E-state index in [0.29, 0.717) is 6.54 Å². The molecule has 2 heterocycles. The number of hydrogen-bond donors (Lipinski definition) is 1. The molecule has 0 aliphatic carbocycles. The molecule has 2 aromatic rings. The van der Waals surface area contributed by atoms with Crippen LogP contribution in [-0.4, -0.2) is 9.97 Å². The van der Waals surface area contributed by atoms with Crippen LogP contribution in [0, 0.1) is 0 Å². The molecule has 0 bridgehead atoms. The lowest BCUT2D eigenvalue weighted by Crippen LogP contribution is -2.01. The first-order chi connectivity index (χ1) is 7.78. The average Bonchev–Trinajstić information content (AvgIpc) is 2.74. The molecule has 16 heavy (non-hydrogen) atoms. The highest BCUT2D eigenvalue weighted by Crippen LogP contribution is 2.17. The van der Waals surface area contributed by atoms with Crippen molar-refractivity contribution in [2.24, 2.45) is 0 Å². The smallest absolute Gasteiger partial charge is 0.183 e. The van der Waals surface area contributed by atoms with Gasteiger partial charge in [0.15, 0.2) is 5.13 Å². The third-order valence-corrected chi connectivity index (χ3v) is 3.46. The Balaban J connectivity index is 1.96. The molecule has 84 valence electrons. The number of nitrogens with one attached hydrogen (secondary N) is 1. The van der Waals surface area contributed by atoms with Crippen molar-refractivity contribution in [3.8, 4) is 0 Å². The molecule has 0 unspecified atom stereocenters. The van der Waals surface area contributed by atoms with Gasteiger partial charge in [-0.1, -0.05) is 22.9 Å². The quantitative estimate of drug-likeness (QED) is 0.939. The van der Waals surface area contributed by atoms with Crippen LogP contribution in [0.4, 0.5) is 5.13 Å². The van der Waals surface area contributed by atoms with Gasteiger partial charge in [0.1, 0.15) is 0 Å². The van der Waals surface area contributed by atoms with E-state index in [9.17, 15) is 0 Å². The molecule has 5 heteroatoms. The van der Waals surface area contributed by atoms with Gasteiger partial charge in [-0.05, 0) is 18.6 Å². The Labute approximate surface area is 107 Å². The van der Waals surface area contributed by atoms with Gasteiger partial charge in [-0.2, -0.15) is 0 Å². The first-order valence-corrected chi connectivity index (χ1v) is 6.74. The summed E-state index contributed by atoms with van der Waals surface area (Å²) < 4.78 is 1.05. The van der Waals surface area contributed by atoms with Gasteiger partial charge in [0, 0.05) is 16.0 Å². The van der Waals surface area contributed by atoms with Gasteiger partial charge in [-0.15, -0.1) is 11.3 Å². The normalized spacial score (nSPS) is 10.4. The monoisotopic (exact) mass is 297 g/mol. The SMILES string of the molecule is CCc1csc(NCc2cc(Br)ccn2)n1. The van der Waals surface area contributed by atoms with Gasteiger partial charge in [-0.3, -0.25) is 4.98 Å². The van der Waals surface area contributed by atoms with Crippen LogP contribution in [0.1, 0.15) is 18.3 Å². The van der Waals surface area contributed by atoms with Crippen LogP contribution in [0.3, 0.4) is 0 Å². The molecular weight excluding hydrogens is 286 g/mol. The van der Waals surface area contributed by atoms with Crippen LogP contribution in [0.15, 0.2) is 28.2 Å². The van der Waals surface area contributed by atoms with Crippen LogP contribution in [0.2, 0.25) is 0 Å². The van der Waals surface area contributed by atoms with E-state index < -0.39 is 0 Å². The number of anilines is 1. The minimum Gasteiger partial charge on any atom is -0.356 e. The van der Waals surface area contributed by atoms with Crippen molar-refractivity contribution in [1.29, 1.82) is 0 Å². The maximum absolute atomic E-state index is 4.43. The first-order valence-electron chi connectivity index (χ1n) is 5.06. The lowest BCUT2D eigenvalue weighted by Gasteiger charge is -2.02. The van der Waals surface area contributed by atoms with Crippen LogP contribution >= 0.6 is 27.3 Å². The Hall–Kier alpha value is -0.940. The molecule has 0 saturated heterocycles. The second-order valence-corrected chi connectivity index (χ2v) is 5.09. The second kappa shape index (κ2) is 5.41. The average molecular weight is 298 g/mol. The summed E-state index contributed by atoms with van der Waals surface area (Å²) in [6.07, 6.45) is 2.77. The van der Waals surface area contributed by atoms with Gasteiger partial charge in [0.25, 0.3) is 0 Å². The van der Waals surface area contributed by atoms with Gasteiger partial charge >= 0.3 is 0 Å². The fraction of sp³-hybridized carbons (Fsp3) is 0.273. The zero-order chi connectivity index (χ0) is 11.4. The number of aryl methyl sites for hydroxylation is 1. The molecule has 0 saturated carbocycles. The van der Waals surface area contributed by atoms with E-state index >= 15 is 0 Å². The topological polar surface area (TPSA) is 37.8 Å². The third-order valence-electron chi connectivity index (χ3n) is 2.11. The molecule has 0 amide bonds. The lowest BCUT2D eigenvalue weighted by atomic mass is 10.3. The highest BCUT2D eigenvalue weighted by Gasteiger charge is 2.00. The predicted octanol–water partition coefficient (Wildman–Crippen LogP) is 3.48. The fourth-order valence-electron chi connectivity index (χ4n) is 1.26. The molecule has 1 N–H and O–H groups in total. The summed E-state index contributed by atoms with van der Waals surface area (Å²) in [5.41, 5.74) is 2.14. The number of pyridine rings is 1. The van der Waals surface area contributed by atoms with Gasteiger partial charge in [0.2, 0.25) is 0 Å². The molecule has 0 aliphatic heterocycles. The van der Waals surface area contributed by atoms with E-state index in [1.54, 1.807) is 17.5 Å². The minimum atomic E-state index is 0.704. The molecule has 3 nitrogen and oxygen atoms in total. The molecular formula is C11H12BrN3S. The molecule has 2 rings (SSSR count). The van der Waals surface area contributed by atoms with Crippen LogP contribution in [0.25, 0.3) is 0 Å². The summed E-state index contributed by atoms with van der Waals surface area (Å²) in [6.45, 7) is 2.81. The zero-order valence-electron chi connectivity index (χ0n) is 8.90. The summed E-state index contributed by atoms with van der Waals surface area (Å²) in [5, 5.41) is 6.30. The van der Waals surface area contributed by atoms with Crippen molar-refractivity contribution in [2.75, 3.05) is 5.32 Å². The van der Waals surface area contributed by atoms with E-state index in [4.69, 9.17) is 0 Å². The van der Waals surface area contributed by atoms with Gasteiger partial charge < -0.3 is 5.32 Å². The Kier molecular flexibility index (Phi) is 3.90. The molecule has 0 aliphatic rings. The summed E-state index contributed by atoms with van der Waals surface area (Å²) in [6, 6.07) is 3.92. The molecule has 0 radical (unpaired) electrons. The molecule has 0 atom stereocenters. The van der Waals surface area contributed by atoms with E-state index in [0.717, 1.165) is 27.4 Å². The Morgan fingerprint density at radius 2 is 2.31 bits per heavy atom. The number of rotatable bonds is 4. The molecule has 0 spiro atoms. The first kappa shape index (κ1) is 11.5. The standard InChI is InChI=1S/C11H12BrN3S/c1-2-9-7-16-11(15-9)14-6-10-5-8(12)3-4-13-10/h3-5,7H,2,6H2,1H3,(H,14,15). The predicted molar refractivity (Wildman–Crippen MR) is 70.8 cm³/mol. The van der Waals surface area contributed by atoms with Gasteiger partial charge in [-0.25, -0.2) is 4.98 Å². The zero-order valence-corrected chi connectivity index (χ0v) is 11.3. The summed E-state index contributed by atoms with van der Waals surface area (Å²) in [7, 11) is 0. The van der Waals surface area contributed by atoms with Crippen LogP contribution in [0.5, 0.6) is 0 Å². The van der Waals surface area contributed by atoms with Crippen molar-refractivity contribution in [3.05, 3.63) is 39.6 Å². The fourth-order valence-corrected chi connectivity index (χ4v) is 2.44. The van der Waals surface area contributed by atoms with E-state index in [1.165, 1.54) is 0 Å². The van der Waals surface area contributed by atoms with E-state index in [2.05, 4.69) is 43.5 Å². The molecule has 2 aromatic heterocycles. The Bertz CT molecular complexity index is 470. The Morgan fingerprint density at radius 3 is 3.00 bits per heavy atom. The molecule has 0 aromatic carbocycles. The number of thiazole rings is 1. The van der Waals surface area contributed by atoms with Crippen molar-refractivity contribution in [3.63, 3.8) is 0 Å². The van der Waals surface area contributed by atoms with E-state index in [-0.39, 0.29) is 0 Å². The highest BCUT2D eigenvalue weighted by atomic mass is 79.9. The highest BCUT2D eigenvalue weighted by molar-refractivity contribution is 9.10. The van der Waals surface area contributed by atoms with Gasteiger partial charge in [0.05, 0.1) is 17.9 Å². The lowest BCUT2D eigenvalue weighted by molar-refractivity contribution is 1.02. The maximum Gasteiger partial charge on any atom is 0.183 e. The third kappa shape index (κ3) is 3.02. The number of nitrogens with zero attached hydrogens (tertiary/aromatic N) is 2. The summed E-state index contributed by atoms with van der Waals surface area (Å²) in [4.78, 5) is 8.70. The summed E-state index contributed by atoms with van der Waals surface area (Å²) >= 11 is 5.06. The minimum absolute atomic E-state index is 0.704.